The van der Waals surface area contributed by atoms with Gasteiger partial charge in [0.05, 0.1) is 7.11 Å². The van der Waals surface area contributed by atoms with Gasteiger partial charge in [-0.25, -0.2) is 4.79 Å². The molecular weight excluding hydrogens is 264 g/mol. The Balaban J connectivity index is 2.37. The van der Waals surface area contributed by atoms with Gasteiger partial charge in [-0.1, -0.05) is 0 Å². The molecule has 1 heterocycles. The average Bonchev–Trinajstić information content (AvgIpc) is 2.46. The summed E-state index contributed by atoms with van der Waals surface area (Å²) in [4.78, 5) is 34.5. The van der Waals surface area contributed by atoms with Crippen LogP contribution in [0.4, 0.5) is 0 Å². The number of carboxylic acids is 1. The highest BCUT2D eigenvalue weighted by atomic mass is 16.5. The summed E-state index contributed by atoms with van der Waals surface area (Å²) in [7, 11) is 1.50. The van der Waals surface area contributed by atoms with Gasteiger partial charge in [-0.05, 0) is 24.3 Å². The molecule has 1 aromatic carbocycles. The van der Waals surface area contributed by atoms with E-state index in [0.717, 1.165) is 12.3 Å². The van der Waals surface area contributed by atoms with Crippen LogP contribution in [0.5, 0.6) is 5.75 Å². The van der Waals surface area contributed by atoms with Crippen molar-refractivity contribution in [2.24, 2.45) is 0 Å². The summed E-state index contributed by atoms with van der Waals surface area (Å²) in [5.74, 6) is -1.85. The Morgan fingerprint density at radius 3 is 2.35 bits per heavy atom. The summed E-state index contributed by atoms with van der Waals surface area (Å²) in [6.45, 7) is 0. The van der Waals surface area contributed by atoms with E-state index in [1.165, 1.54) is 19.2 Å². The molecule has 0 aliphatic carbocycles. The molecule has 0 unspecified atom stereocenters. The molecule has 1 aromatic heterocycles. The number of benzene rings is 1. The van der Waals surface area contributed by atoms with E-state index in [2.05, 4.69) is 0 Å². The van der Waals surface area contributed by atoms with E-state index in [9.17, 15) is 14.4 Å². The minimum absolute atomic E-state index is 0.222. The number of carbonyl (C=O) groups excluding carboxylic acids is 1. The lowest BCUT2D eigenvalue weighted by Gasteiger charge is -2.02. The van der Waals surface area contributed by atoms with Crippen molar-refractivity contribution in [1.82, 2.24) is 0 Å². The summed E-state index contributed by atoms with van der Waals surface area (Å²) in [5, 5.41) is 8.68. The summed E-state index contributed by atoms with van der Waals surface area (Å²) in [6, 6.07) is 6.96. The Morgan fingerprint density at radius 1 is 1.20 bits per heavy atom. The van der Waals surface area contributed by atoms with Gasteiger partial charge in [0.25, 0.3) is 0 Å². The quantitative estimate of drug-likeness (QED) is 0.850. The van der Waals surface area contributed by atoms with Crippen LogP contribution in [-0.4, -0.2) is 24.0 Å². The maximum Gasteiger partial charge on any atom is 0.371 e. The highest BCUT2D eigenvalue weighted by Crippen LogP contribution is 2.14. The highest BCUT2D eigenvalue weighted by Gasteiger charge is 2.16. The third-order valence-electron chi connectivity index (χ3n) is 2.64. The zero-order chi connectivity index (χ0) is 14.7. The molecular formula is C14H10O6. The van der Waals surface area contributed by atoms with Crippen molar-refractivity contribution >= 4 is 11.8 Å². The average molecular weight is 274 g/mol. The van der Waals surface area contributed by atoms with Crippen LogP contribution in [0.15, 0.2) is 45.8 Å². The van der Waals surface area contributed by atoms with Gasteiger partial charge in [-0.15, -0.1) is 0 Å². The van der Waals surface area contributed by atoms with Crippen molar-refractivity contribution in [2.45, 2.75) is 0 Å². The molecule has 0 amide bonds. The normalized spacial score (nSPS) is 10.1. The molecule has 20 heavy (non-hydrogen) atoms. The van der Waals surface area contributed by atoms with Crippen LogP contribution in [0, 0.1) is 0 Å². The first-order valence-corrected chi connectivity index (χ1v) is 5.58. The predicted molar refractivity (Wildman–Crippen MR) is 68.4 cm³/mol. The van der Waals surface area contributed by atoms with Crippen molar-refractivity contribution < 1.29 is 23.8 Å². The number of aromatic carboxylic acids is 1. The fraction of sp³-hybridized carbons (Fsp3) is 0.0714. The van der Waals surface area contributed by atoms with Crippen molar-refractivity contribution in [2.75, 3.05) is 7.11 Å². The van der Waals surface area contributed by atoms with E-state index >= 15 is 0 Å². The molecule has 0 bridgehead atoms. The van der Waals surface area contributed by atoms with Crippen LogP contribution in [0.2, 0.25) is 0 Å². The molecule has 102 valence electrons. The largest absolute Gasteiger partial charge is 0.497 e. The molecule has 0 radical (unpaired) electrons. The van der Waals surface area contributed by atoms with Gasteiger partial charge in [0.15, 0.2) is 11.2 Å². The number of carbonyl (C=O) groups is 2. The van der Waals surface area contributed by atoms with Gasteiger partial charge >= 0.3 is 5.97 Å². The molecule has 0 saturated heterocycles. The Bertz CT molecular complexity index is 711. The predicted octanol–water partition coefficient (Wildman–Crippen LogP) is 1.58. The molecule has 2 rings (SSSR count). The minimum Gasteiger partial charge on any atom is -0.497 e. The highest BCUT2D eigenvalue weighted by molar-refractivity contribution is 6.08. The lowest BCUT2D eigenvalue weighted by Crippen LogP contribution is -2.16. The summed E-state index contributed by atoms with van der Waals surface area (Å²) in [6.07, 6.45) is 0.859. The Hall–Kier alpha value is -2.89. The molecule has 0 aliphatic heterocycles. The van der Waals surface area contributed by atoms with Gasteiger partial charge in [0.1, 0.15) is 17.6 Å². The van der Waals surface area contributed by atoms with E-state index in [-0.39, 0.29) is 11.1 Å². The first kappa shape index (κ1) is 13.5. The van der Waals surface area contributed by atoms with Crippen LogP contribution in [-0.2, 0) is 0 Å². The van der Waals surface area contributed by atoms with Gasteiger partial charge < -0.3 is 14.3 Å². The van der Waals surface area contributed by atoms with Crippen LogP contribution in [0.1, 0.15) is 26.5 Å². The smallest absolute Gasteiger partial charge is 0.371 e. The third kappa shape index (κ3) is 2.59. The summed E-state index contributed by atoms with van der Waals surface area (Å²) < 4.78 is 9.71. The molecule has 0 spiro atoms. The molecule has 0 atom stereocenters. The van der Waals surface area contributed by atoms with Crippen molar-refractivity contribution in [1.29, 1.82) is 0 Å². The lowest BCUT2D eigenvalue weighted by atomic mass is 10.0. The van der Waals surface area contributed by atoms with E-state index in [1.807, 2.05) is 0 Å². The standard InChI is InChI=1S/C14H10O6/c1-19-9-4-2-8(3-5-9)13(16)10-7-20-12(14(17)18)6-11(10)15/h2-7H,1H3,(H,17,18). The molecule has 6 nitrogen and oxygen atoms in total. The van der Waals surface area contributed by atoms with E-state index in [0.29, 0.717) is 5.75 Å². The van der Waals surface area contributed by atoms with Gasteiger partial charge in [-0.3, -0.25) is 9.59 Å². The monoisotopic (exact) mass is 274 g/mol. The fourth-order valence-electron chi connectivity index (χ4n) is 1.59. The second-order valence-electron chi connectivity index (χ2n) is 3.88. The maximum absolute atomic E-state index is 12.1. The SMILES string of the molecule is COc1ccc(C(=O)c2coc(C(=O)O)cc2=O)cc1. The number of methoxy groups -OCH3 is 1. The molecule has 0 fully saturated rings. The lowest BCUT2D eigenvalue weighted by molar-refractivity contribution is 0.0658. The zero-order valence-corrected chi connectivity index (χ0v) is 10.5. The number of rotatable bonds is 4. The van der Waals surface area contributed by atoms with Crippen molar-refractivity contribution in [3.8, 4) is 5.75 Å². The molecule has 2 aromatic rings. The number of hydrogen-bond acceptors (Lipinski definition) is 5. The minimum atomic E-state index is -1.37. The molecule has 0 aliphatic rings. The molecule has 0 saturated carbocycles. The maximum atomic E-state index is 12.1. The van der Waals surface area contributed by atoms with Gasteiger partial charge in [-0.2, -0.15) is 0 Å². The first-order valence-electron chi connectivity index (χ1n) is 5.58. The van der Waals surface area contributed by atoms with Gasteiger partial charge in [0, 0.05) is 11.6 Å². The van der Waals surface area contributed by atoms with Gasteiger partial charge in [0.2, 0.25) is 5.76 Å². The Morgan fingerprint density at radius 2 is 1.85 bits per heavy atom. The van der Waals surface area contributed by atoms with Crippen LogP contribution in [0.3, 0.4) is 0 Å². The van der Waals surface area contributed by atoms with E-state index < -0.39 is 22.9 Å². The Kier molecular flexibility index (Phi) is 3.65. The van der Waals surface area contributed by atoms with Crippen LogP contribution >= 0.6 is 0 Å². The summed E-state index contributed by atoms with van der Waals surface area (Å²) in [5.41, 5.74) is -0.643. The third-order valence-corrected chi connectivity index (χ3v) is 2.64. The number of carboxylic acid groups (broad SMARTS) is 1. The topological polar surface area (TPSA) is 93.8 Å². The molecule has 6 heteroatoms. The number of hydrogen-bond donors (Lipinski definition) is 1. The second-order valence-corrected chi connectivity index (χ2v) is 3.88. The fourth-order valence-corrected chi connectivity index (χ4v) is 1.59. The van der Waals surface area contributed by atoms with E-state index in [4.69, 9.17) is 14.3 Å². The summed E-state index contributed by atoms with van der Waals surface area (Å²) >= 11 is 0. The Labute approximate surface area is 113 Å². The first-order chi connectivity index (χ1) is 9.52. The van der Waals surface area contributed by atoms with Crippen LogP contribution < -0.4 is 10.2 Å². The second kappa shape index (κ2) is 5.40. The van der Waals surface area contributed by atoms with E-state index in [1.54, 1.807) is 12.1 Å². The molecule has 1 N–H and O–H groups in total. The van der Waals surface area contributed by atoms with Crippen LogP contribution in [0.25, 0.3) is 0 Å². The zero-order valence-electron chi connectivity index (χ0n) is 10.5. The van der Waals surface area contributed by atoms with Crippen molar-refractivity contribution in [3.63, 3.8) is 0 Å². The number of ketones is 1. The number of ether oxygens (including phenoxy) is 1. The van der Waals surface area contributed by atoms with Crippen molar-refractivity contribution in [3.05, 3.63) is 63.7 Å².